The van der Waals surface area contributed by atoms with Crippen molar-refractivity contribution in [3.05, 3.63) is 6.42 Å². The minimum Gasteiger partial charge on any atom is -0.332 e. The van der Waals surface area contributed by atoms with Gasteiger partial charge in [0.15, 0.2) is 0 Å². The van der Waals surface area contributed by atoms with Crippen LogP contribution >= 0.6 is 0 Å². The number of amides is 2. The van der Waals surface area contributed by atoms with Crippen LogP contribution in [0, 0.1) is 11.8 Å². The van der Waals surface area contributed by atoms with E-state index in [4.69, 9.17) is 0 Å². The summed E-state index contributed by atoms with van der Waals surface area (Å²) in [5.74, 6) is -1.69. The van der Waals surface area contributed by atoms with Gasteiger partial charge in [-0.15, -0.1) is 5.06 Å². The first-order chi connectivity index (χ1) is 6.32. The summed E-state index contributed by atoms with van der Waals surface area (Å²) in [6.45, 7) is 4.93. The van der Waals surface area contributed by atoms with E-state index in [1.807, 2.05) is 0 Å². The number of carbonyl (C=O) groups excluding carboxylic acids is 3. The van der Waals surface area contributed by atoms with Crippen LogP contribution in [-0.4, -0.2) is 22.8 Å². The third-order valence-corrected chi connectivity index (χ3v) is 1.66. The Morgan fingerprint density at radius 3 is 2.27 bits per heavy atom. The number of carbonyl (C=O) groups is 3. The SMILES string of the molecule is CC(C)(C)C(=O)ON1C(=O)[CH-]CC1=O.[Y]. The van der Waals surface area contributed by atoms with Gasteiger partial charge < -0.3 is 9.63 Å². The molecule has 0 N–H and O–H groups in total. The summed E-state index contributed by atoms with van der Waals surface area (Å²) in [5, 5.41) is 0.508. The molecule has 1 heterocycles. The Labute approximate surface area is 113 Å². The Morgan fingerprint density at radius 2 is 1.93 bits per heavy atom. The molecule has 0 aromatic carbocycles. The molecule has 0 atom stereocenters. The van der Waals surface area contributed by atoms with Crippen molar-refractivity contribution in [2.45, 2.75) is 27.2 Å². The van der Waals surface area contributed by atoms with Gasteiger partial charge in [-0.3, -0.25) is 11.2 Å². The maximum Gasteiger partial charge on any atom is 0.338 e. The molecule has 1 radical (unpaired) electrons. The molecule has 0 spiro atoms. The van der Waals surface area contributed by atoms with Crippen molar-refractivity contribution in [2.24, 2.45) is 5.41 Å². The minimum absolute atomic E-state index is 0. The Hall–Kier alpha value is -0.416. The average Bonchev–Trinajstić information content (AvgIpc) is 2.34. The second-order valence-electron chi connectivity index (χ2n) is 4.06. The van der Waals surface area contributed by atoms with E-state index >= 15 is 0 Å². The molecule has 1 rings (SSSR count). The molecule has 1 aliphatic heterocycles. The van der Waals surface area contributed by atoms with E-state index in [-0.39, 0.29) is 39.1 Å². The van der Waals surface area contributed by atoms with Gasteiger partial charge in [0.05, 0.1) is 5.41 Å². The Kier molecular flexibility index (Phi) is 4.94. The number of imide groups is 1. The molecule has 0 aromatic heterocycles. The summed E-state index contributed by atoms with van der Waals surface area (Å²) in [4.78, 5) is 38.1. The summed E-state index contributed by atoms with van der Waals surface area (Å²) in [5.41, 5.74) is -0.733. The van der Waals surface area contributed by atoms with Crippen LogP contribution in [0.25, 0.3) is 0 Å². The van der Waals surface area contributed by atoms with Gasteiger partial charge in [0, 0.05) is 32.7 Å². The second-order valence-corrected chi connectivity index (χ2v) is 4.06. The number of rotatable bonds is 1. The molecular formula is C9H12NO4Y-. The van der Waals surface area contributed by atoms with Crippen LogP contribution in [-0.2, 0) is 51.9 Å². The van der Waals surface area contributed by atoms with Gasteiger partial charge >= 0.3 is 5.97 Å². The van der Waals surface area contributed by atoms with Gasteiger partial charge in [-0.2, -0.15) is 0 Å². The molecule has 0 saturated carbocycles. The number of hydroxylamine groups is 2. The largest absolute Gasteiger partial charge is 0.338 e. The molecule has 2 amide bonds. The Bertz CT molecular complexity index is 279. The van der Waals surface area contributed by atoms with Crippen molar-refractivity contribution >= 4 is 17.8 Å². The molecular weight excluding hydrogens is 275 g/mol. The van der Waals surface area contributed by atoms with E-state index in [0.717, 1.165) is 0 Å². The van der Waals surface area contributed by atoms with E-state index in [1.54, 1.807) is 20.8 Å². The third kappa shape index (κ3) is 3.57. The van der Waals surface area contributed by atoms with E-state index in [0.29, 0.717) is 5.06 Å². The standard InChI is InChI=1S/C9H12NO4.Y/c1-9(2,3)8(13)14-10-6(11)4-5-7(10)12;/h4H,5H2,1-3H3;/q-1;. The number of hydrogen-bond acceptors (Lipinski definition) is 4. The van der Waals surface area contributed by atoms with Gasteiger partial charge in [0.2, 0.25) is 5.91 Å². The molecule has 0 bridgehead atoms. The van der Waals surface area contributed by atoms with Crippen LogP contribution in [0.15, 0.2) is 0 Å². The molecule has 0 unspecified atom stereocenters. The first-order valence-electron chi connectivity index (χ1n) is 4.25. The predicted molar refractivity (Wildman–Crippen MR) is 46.3 cm³/mol. The molecule has 0 aromatic rings. The van der Waals surface area contributed by atoms with Crippen molar-refractivity contribution in [1.29, 1.82) is 0 Å². The maximum absolute atomic E-state index is 11.3. The van der Waals surface area contributed by atoms with E-state index in [9.17, 15) is 14.4 Å². The average molecular weight is 287 g/mol. The van der Waals surface area contributed by atoms with Crippen molar-refractivity contribution < 1.29 is 51.9 Å². The topological polar surface area (TPSA) is 63.7 Å². The molecule has 15 heavy (non-hydrogen) atoms. The van der Waals surface area contributed by atoms with Crippen LogP contribution in [0.5, 0.6) is 0 Å². The Morgan fingerprint density at radius 1 is 1.40 bits per heavy atom. The van der Waals surface area contributed by atoms with Crippen LogP contribution in [0.1, 0.15) is 27.2 Å². The van der Waals surface area contributed by atoms with Crippen molar-refractivity contribution in [3.63, 3.8) is 0 Å². The van der Waals surface area contributed by atoms with Crippen LogP contribution < -0.4 is 0 Å². The van der Waals surface area contributed by atoms with E-state index in [1.165, 1.54) is 6.42 Å². The summed E-state index contributed by atoms with van der Waals surface area (Å²) < 4.78 is 0. The zero-order chi connectivity index (χ0) is 10.9. The zero-order valence-corrected chi connectivity index (χ0v) is 11.8. The van der Waals surface area contributed by atoms with Crippen LogP contribution in [0.4, 0.5) is 0 Å². The van der Waals surface area contributed by atoms with Crippen molar-refractivity contribution in [1.82, 2.24) is 5.06 Å². The first-order valence-corrected chi connectivity index (χ1v) is 4.25. The van der Waals surface area contributed by atoms with Crippen LogP contribution in [0.3, 0.4) is 0 Å². The van der Waals surface area contributed by atoms with E-state index < -0.39 is 23.2 Å². The predicted octanol–water partition coefficient (Wildman–Crippen LogP) is 0.451. The second kappa shape index (κ2) is 5.08. The maximum atomic E-state index is 11.3. The monoisotopic (exact) mass is 287 g/mol. The first kappa shape index (κ1) is 14.6. The summed E-state index contributed by atoms with van der Waals surface area (Å²) in [6, 6.07) is 0. The summed E-state index contributed by atoms with van der Waals surface area (Å²) >= 11 is 0. The molecule has 1 saturated heterocycles. The fourth-order valence-corrected chi connectivity index (χ4v) is 0.779. The van der Waals surface area contributed by atoms with Crippen molar-refractivity contribution in [2.75, 3.05) is 0 Å². The summed E-state index contributed by atoms with van der Waals surface area (Å²) in [7, 11) is 0. The van der Waals surface area contributed by atoms with Crippen molar-refractivity contribution in [3.8, 4) is 0 Å². The number of hydrogen-bond donors (Lipinski definition) is 0. The summed E-state index contributed by atoms with van der Waals surface area (Å²) in [6.07, 6.45) is 1.18. The van der Waals surface area contributed by atoms with Crippen LogP contribution in [0.2, 0.25) is 0 Å². The Balaban J connectivity index is 0.00000196. The molecule has 5 nitrogen and oxygen atoms in total. The smallest absolute Gasteiger partial charge is 0.332 e. The number of nitrogens with zero attached hydrogens (tertiary/aromatic N) is 1. The van der Waals surface area contributed by atoms with Gasteiger partial charge in [-0.1, -0.05) is 6.42 Å². The fraction of sp³-hybridized carbons (Fsp3) is 0.556. The third-order valence-electron chi connectivity index (χ3n) is 1.66. The quantitative estimate of drug-likeness (QED) is 0.519. The van der Waals surface area contributed by atoms with Gasteiger partial charge in [-0.25, -0.2) is 4.79 Å². The van der Waals surface area contributed by atoms with Gasteiger partial charge in [0.1, 0.15) is 5.91 Å². The van der Waals surface area contributed by atoms with Gasteiger partial charge in [0.25, 0.3) is 0 Å². The van der Waals surface area contributed by atoms with Gasteiger partial charge in [-0.05, 0) is 20.8 Å². The minimum atomic E-state index is -0.733. The molecule has 1 fully saturated rings. The molecule has 0 aliphatic carbocycles. The molecule has 6 heteroatoms. The van der Waals surface area contributed by atoms with E-state index in [2.05, 4.69) is 4.84 Å². The normalized spacial score (nSPS) is 15.8. The molecule has 81 valence electrons. The molecule has 1 aliphatic rings. The zero-order valence-electron chi connectivity index (χ0n) is 8.94. The fourth-order valence-electron chi connectivity index (χ4n) is 0.779.